The third-order valence-corrected chi connectivity index (χ3v) is 3.85. The quantitative estimate of drug-likeness (QED) is 0.562. The van der Waals surface area contributed by atoms with E-state index < -0.39 is 11.0 Å². The molecule has 0 bridgehead atoms. The lowest BCUT2D eigenvalue weighted by Gasteiger charge is -2.30. The molecule has 0 saturated carbocycles. The van der Waals surface area contributed by atoms with E-state index in [9.17, 15) is 14.4 Å². The summed E-state index contributed by atoms with van der Waals surface area (Å²) < 4.78 is 5.08. The number of carbonyl (C=O) groups is 3. The zero-order valence-electron chi connectivity index (χ0n) is 13.6. The molecule has 1 atom stereocenters. The van der Waals surface area contributed by atoms with E-state index in [2.05, 4.69) is 5.32 Å². The number of rotatable bonds is 7. The van der Waals surface area contributed by atoms with Crippen LogP contribution in [-0.4, -0.2) is 47.9 Å². The molecule has 21 heavy (non-hydrogen) atoms. The van der Waals surface area contributed by atoms with Gasteiger partial charge in [-0.3, -0.25) is 19.3 Å². The molecule has 1 unspecified atom stereocenters. The van der Waals surface area contributed by atoms with Gasteiger partial charge >= 0.3 is 5.97 Å². The van der Waals surface area contributed by atoms with Crippen LogP contribution >= 0.6 is 0 Å². The van der Waals surface area contributed by atoms with Gasteiger partial charge in [-0.15, -0.1) is 0 Å². The molecule has 120 valence electrons. The van der Waals surface area contributed by atoms with E-state index in [1.807, 2.05) is 6.92 Å². The van der Waals surface area contributed by atoms with E-state index in [1.54, 1.807) is 27.7 Å². The summed E-state index contributed by atoms with van der Waals surface area (Å²) in [4.78, 5) is 37.5. The maximum atomic E-state index is 12.2. The van der Waals surface area contributed by atoms with E-state index in [1.165, 1.54) is 4.90 Å². The van der Waals surface area contributed by atoms with Crippen LogP contribution in [0.5, 0.6) is 0 Å². The van der Waals surface area contributed by atoms with E-state index in [0.29, 0.717) is 19.6 Å². The molecule has 1 N–H and O–H groups in total. The SMILES string of the molecule is CCNC(C)(CCN1C(=O)CC(C)(C)C1=O)C(=O)OCC. The van der Waals surface area contributed by atoms with Crippen LogP contribution in [-0.2, 0) is 19.1 Å². The number of nitrogens with zero attached hydrogens (tertiary/aromatic N) is 1. The average Bonchev–Trinajstić information content (AvgIpc) is 2.57. The fourth-order valence-electron chi connectivity index (χ4n) is 2.53. The number of hydrogen-bond acceptors (Lipinski definition) is 5. The second kappa shape index (κ2) is 6.56. The van der Waals surface area contributed by atoms with Gasteiger partial charge in [0.2, 0.25) is 11.8 Å². The van der Waals surface area contributed by atoms with Crippen LogP contribution in [0.1, 0.15) is 47.5 Å². The average molecular weight is 298 g/mol. The Morgan fingerprint density at radius 2 is 2.00 bits per heavy atom. The molecule has 1 aliphatic rings. The minimum absolute atomic E-state index is 0.171. The van der Waals surface area contributed by atoms with Gasteiger partial charge in [0.15, 0.2) is 0 Å². The molecule has 0 spiro atoms. The van der Waals surface area contributed by atoms with Crippen LogP contribution in [0.3, 0.4) is 0 Å². The zero-order valence-corrected chi connectivity index (χ0v) is 13.6. The van der Waals surface area contributed by atoms with Crippen LogP contribution in [0.25, 0.3) is 0 Å². The first-order valence-electron chi connectivity index (χ1n) is 7.45. The first kappa shape index (κ1) is 17.6. The smallest absolute Gasteiger partial charge is 0.326 e. The largest absolute Gasteiger partial charge is 0.465 e. The van der Waals surface area contributed by atoms with Gasteiger partial charge in [0.1, 0.15) is 5.54 Å². The maximum absolute atomic E-state index is 12.2. The van der Waals surface area contributed by atoms with Crippen molar-refractivity contribution in [3.05, 3.63) is 0 Å². The van der Waals surface area contributed by atoms with Crippen LogP contribution in [0.4, 0.5) is 0 Å². The molecule has 6 heteroatoms. The molecule has 1 fully saturated rings. The fourth-order valence-corrected chi connectivity index (χ4v) is 2.53. The number of amides is 2. The summed E-state index contributed by atoms with van der Waals surface area (Å²) in [5.41, 5.74) is -1.53. The number of imide groups is 1. The van der Waals surface area contributed by atoms with Crippen molar-refractivity contribution in [2.75, 3.05) is 19.7 Å². The van der Waals surface area contributed by atoms with Gasteiger partial charge in [0.05, 0.1) is 12.0 Å². The summed E-state index contributed by atoms with van der Waals surface area (Å²) in [5.74, 6) is -0.701. The Morgan fingerprint density at radius 3 is 2.43 bits per heavy atom. The first-order chi connectivity index (χ1) is 9.68. The zero-order chi connectivity index (χ0) is 16.3. The Bertz CT molecular complexity index is 433. The summed E-state index contributed by atoms with van der Waals surface area (Å²) in [7, 11) is 0. The molecule has 2 amide bonds. The molecule has 0 aliphatic carbocycles. The molecule has 0 aromatic heterocycles. The molecule has 1 saturated heterocycles. The molecule has 6 nitrogen and oxygen atoms in total. The van der Waals surface area contributed by atoms with Gasteiger partial charge in [0, 0.05) is 13.0 Å². The molecule has 1 heterocycles. The Hall–Kier alpha value is -1.43. The lowest BCUT2D eigenvalue weighted by atomic mass is 9.92. The Labute approximate surface area is 126 Å². The second-order valence-corrected chi connectivity index (χ2v) is 6.24. The third kappa shape index (κ3) is 3.81. The third-order valence-electron chi connectivity index (χ3n) is 3.85. The van der Waals surface area contributed by atoms with Crippen molar-refractivity contribution in [1.82, 2.24) is 10.2 Å². The standard InChI is InChI=1S/C15H26N2O4/c1-6-16-15(5,13(20)21-7-2)8-9-17-11(18)10-14(3,4)12(17)19/h16H,6-10H2,1-5H3. The first-order valence-corrected chi connectivity index (χ1v) is 7.45. The van der Waals surface area contributed by atoms with Crippen LogP contribution < -0.4 is 5.32 Å². The van der Waals surface area contributed by atoms with E-state index >= 15 is 0 Å². The van der Waals surface area contributed by atoms with Crippen molar-refractivity contribution in [2.45, 2.75) is 53.0 Å². The summed E-state index contributed by atoms with van der Waals surface area (Å²) in [6, 6.07) is 0. The van der Waals surface area contributed by atoms with Crippen LogP contribution in [0.15, 0.2) is 0 Å². The number of ether oxygens (including phenoxy) is 1. The van der Waals surface area contributed by atoms with Gasteiger partial charge < -0.3 is 10.1 Å². The van der Waals surface area contributed by atoms with Gasteiger partial charge in [-0.2, -0.15) is 0 Å². The van der Waals surface area contributed by atoms with Crippen molar-refractivity contribution in [3.8, 4) is 0 Å². The van der Waals surface area contributed by atoms with E-state index in [4.69, 9.17) is 4.74 Å². The summed E-state index contributed by atoms with van der Waals surface area (Å²) in [6.45, 7) is 10.0. The van der Waals surface area contributed by atoms with Crippen molar-refractivity contribution >= 4 is 17.8 Å². The topological polar surface area (TPSA) is 75.7 Å². The van der Waals surface area contributed by atoms with E-state index in [0.717, 1.165) is 0 Å². The number of likely N-dealkylation sites (tertiary alicyclic amines) is 1. The maximum Gasteiger partial charge on any atom is 0.326 e. The Kier molecular flexibility index (Phi) is 5.50. The van der Waals surface area contributed by atoms with Crippen molar-refractivity contribution in [2.24, 2.45) is 5.41 Å². The minimum atomic E-state index is -0.891. The molecule has 0 aromatic rings. The highest BCUT2D eigenvalue weighted by molar-refractivity contribution is 6.05. The lowest BCUT2D eigenvalue weighted by molar-refractivity contribution is -0.152. The monoisotopic (exact) mass is 298 g/mol. The number of hydrogen-bond donors (Lipinski definition) is 1. The highest BCUT2D eigenvalue weighted by Gasteiger charge is 2.45. The molecule has 1 rings (SSSR count). The number of nitrogens with one attached hydrogen (secondary N) is 1. The highest BCUT2D eigenvalue weighted by atomic mass is 16.5. The van der Waals surface area contributed by atoms with Gasteiger partial charge in [-0.25, -0.2) is 0 Å². The predicted molar refractivity (Wildman–Crippen MR) is 78.4 cm³/mol. The Morgan fingerprint density at radius 1 is 1.38 bits per heavy atom. The molecule has 0 aromatic carbocycles. The van der Waals surface area contributed by atoms with Gasteiger partial charge in [0.25, 0.3) is 0 Å². The van der Waals surface area contributed by atoms with Gasteiger partial charge in [-0.1, -0.05) is 20.8 Å². The summed E-state index contributed by atoms with van der Waals surface area (Å²) in [6.07, 6.45) is 0.566. The van der Waals surface area contributed by atoms with Crippen molar-refractivity contribution < 1.29 is 19.1 Å². The van der Waals surface area contributed by atoms with Gasteiger partial charge in [-0.05, 0) is 26.8 Å². The number of esters is 1. The number of carbonyl (C=O) groups excluding carboxylic acids is 3. The molecular formula is C15H26N2O4. The lowest BCUT2D eigenvalue weighted by Crippen LogP contribution is -2.52. The van der Waals surface area contributed by atoms with Crippen LogP contribution in [0.2, 0.25) is 0 Å². The van der Waals surface area contributed by atoms with Crippen molar-refractivity contribution in [1.29, 1.82) is 0 Å². The van der Waals surface area contributed by atoms with E-state index in [-0.39, 0.29) is 30.7 Å². The molecule has 0 radical (unpaired) electrons. The summed E-state index contributed by atoms with van der Waals surface area (Å²) >= 11 is 0. The summed E-state index contributed by atoms with van der Waals surface area (Å²) in [5, 5.41) is 3.09. The molecular weight excluding hydrogens is 272 g/mol. The second-order valence-electron chi connectivity index (χ2n) is 6.24. The predicted octanol–water partition coefficient (Wildman–Crippen LogP) is 1.09. The fraction of sp³-hybridized carbons (Fsp3) is 0.800. The highest BCUT2D eigenvalue weighted by Crippen LogP contribution is 2.32. The normalized spacial score (nSPS) is 20.5. The number of likely N-dealkylation sites (N-methyl/N-ethyl adjacent to an activating group) is 1. The Balaban J connectivity index is 2.76. The van der Waals surface area contributed by atoms with Crippen LogP contribution in [0, 0.1) is 5.41 Å². The van der Waals surface area contributed by atoms with Crippen molar-refractivity contribution in [3.63, 3.8) is 0 Å². The molecule has 1 aliphatic heterocycles. The minimum Gasteiger partial charge on any atom is -0.465 e.